The van der Waals surface area contributed by atoms with E-state index in [1.54, 1.807) is 41.8 Å². The van der Waals surface area contributed by atoms with E-state index in [-0.39, 0.29) is 12.0 Å². The second-order valence-electron chi connectivity index (χ2n) is 6.68. The molecule has 30 heavy (non-hydrogen) atoms. The van der Waals surface area contributed by atoms with Crippen molar-refractivity contribution in [3.8, 4) is 5.75 Å². The van der Waals surface area contributed by atoms with E-state index >= 15 is 0 Å². The number of hydrogen-bond acceptors (Lipinski definition) is 6. The summed E-state index contributed by atoms with van der Waals surface area (Å²) in [6.45, 7) is 3.93. The van der Waals surface area contributed by atoms with E-state index in [0.29, 0.717) is 10.7 Å². The topological polar surface area (TPSA) is 54.8 Å². The molecule has 0 fully saturated rings. The molecular formula is C22H18BrN3O2S2. The molecule has 0 spiro atoms. The van der Waals surface area contributed by atoms with Gasteiger partial charge in [-0.05, 0) is 67.8 Å². The van der Waals surface area contributed by atoms with Gasteiger partial charge in [0.2, 0.25) is 5.13 Å². The highest BCUT2D eigenvalue weighted by atomic mass is 79.9. The Bertz CT molecular complexity index is 1190. The summed E-state index contributed by atoms with van der Waals surface area (Å²) in [6, 6.07) is 16.8. The quantitative estimate of drug-likeness (QED) is 0.222. The summed E-state index contributed by atoms with van der Waals surface area (Å²) in [5.74, 6) is 0.469. The van der Waals surface area contributed by atoms with Gasteiger partial charge in [-0.15, -0.1) is 11.3 Å². The number of thiophene rings is 1. The lowest BCUT2D eigenvalue weighted by molar-refractivity contribution is 0.0988. The van der Waals surface area contributed by atoms with Gasteiger partial charge in [0.1, 0.15) is 5.75 Å². The average molecular weight is 500 g/mol. The standard InChI is InChI=1S/C22H18BrN3O2S2/c1-14(2)28-17-8-5-15(6-9-17)21(27)26(24-13-18-4-3-11-29-18)22-25-19-10-7-16(23)12-20(19)30-22/h3-14H,1-2H3/b24-13+. The smallest absolute Gasteiger partial charge is 0.280 e. The number of hydrogen-bond donors (Lipinski definition) is 0. The largest absolute Gasteiger partial charge is 0.491 e. The number of hydrazone groups is 1. The lowest BCUT2D eigenvalue weighted by atomic mass is 10.2. The van der Waals surface area contributed by atoms with Crippen molar-refractivity contribution >= 4 is 66.1 Å². The van der Waals surface area contributed by atoms with Crippen molar-refractivity contribution in [2.75, 3.05) is 5.01 Å². The Balaban J connectivity index is 1.69. The number of nitrogens with zero attached hydrogens (tertiary/aromatic N) is 3. The van der Waals surface area contributed by atoms with Crippen molar-refractivity contribution in [1.82, 2.24) is 4.98 Å². The molecule has 0 bridgehead atoms. The first-order valence-electron chi connectivity index (χ1n) is 9.24. The number of rotatable bonds is 6. The van der Waals surface area contributed by atoms with E-state index in [4.69, 9.17) is 4.74 Å². The zero-order valence-electron chi connectivity index (χ0n) is 16.3. The van der Waals surface area contributed by atoms with Crippen LogP contribution in [0.3, 0.4) is 0 Å². The predicted molar refractivity (Wildman–Crippen MR) is 128 cm³/mol. The Kier molecular flexibility index (Phi) is 6.26. The van der Waals surface area contributed by atoms with Gasteiger partial charge in [-0.2, -0.15) is 10.1 Å². The molecule has 5 nitrogen and oxygen atoms in total. The van der Waals surface area contributed by atoms with Crippen LogP contribution in [0.1, 0.15) is 29.1 Å². The molecule has 2 aromatic heterocycles. The molecule has 2 heterocycles. The molecule has 0 N–H and O–H groups in total. The molecule has 4 aromatic rings. The fourth-order valence-corrected chi connectivity index (χ4v) is 4.77. The molecule has 152 valence electrons. The molecule has 4 rings (SSSR count). The highest BCUT2D eigenvalue weighted by Crippen LogP contribution is 2.32. The van der Waals surface area contributed by atoms with Crippen LogP contribution >= 0.6 is 38.6 Å². The molecule has 0 aliphatic rings. The van der Waals surface area contributed by atoms with Gasteiger partial charge in [-0.1, -0.05) is 33.3 Å². The second kappa shape index (κ2) is 9.07. The molecule has 0 atom stereocenters. The maximum Gasteiger partial charge on any atom is 0.280 e. The zero-order chi connectivity index (χ0) is 21.1. The molecule has 0 aliphatic carbocycles. The Morgan fingerprint density at radius 2 is 2.00 bits per heavy atom. The normalized spacial score (nSPS) is 11.5. The van der Waals surface area contributed by atoms with Gasteiger partial charge in [0, 0.05) is 14.9 Å². The Morgan fingerprint density at radius 3 is 2.70 bits per heavy atom. The van der Waals surface area contributed by atoms with Gasteiger partial charge in [-0.3, -0.25) is 4.79 Å². The highest BCUT2D eigenvalue weighted by Gasteiger charge is 2.21. The van der Waals surface area contributed by atoms with Gasteiger partial charge < -0.3 is 4.74 Å². The average Bonchev–Trinajstić information content (AvgIpc) is 3.37. The van der Waals surface area contributed by atoms with Gasteiger partial charge in [0.05, 0.1) is 22.5 Å². The molecule has 0 unspecified atom stereocenters. The highest BCUT2D eigenvalue weighted by molar-refractivity contribution is 9.10. The number of fused-ring (bicyclic) bond motifs is 1. The third-order valence-corrected chi connectivity index (χ3v) is 6.32. The van der Waals surface area contributed by atoms with E-state index in [2.05, 4.69) is 26.0 Å². The van der Waals surface area contributed by atoms with Crippen molar-refractivity contribution in [3.63, 3.8) is 0 Å². The summed E-state index contributed by atoms with van der Waals surface area (Å²) < 4.78 is 7.61. The molecular weight excluding hydrogens is 482 g/mol. The summed E-state index contributed by atoms with van der Waals surface area (Å²) >= 11 is 6.46. The minimum Gasteiger partial charge on any atom is -0.491 e. The monoisotopic (exact) mass is 499 g/mol. The van der Waals surface area contributed by atoms with Crippen molar-refractivity contribution in [2.24, 2.45) is 5.10 Å². The fraction of sp³-hybridized carbons (Fsp3) is 0.136. The van der Waals surface area contributed by atoms with E-state index in [1.807, 2.05) is 49.6 Å². The first-order valence-corrected chi connectivity index (χ1v) is 11.7. The Hall–Kier alpha value is -2.55. The van der Waals surface area contributed by atoms with Crippen molar-refractivity contribution in [1.29, 1.82) is 0 Å². The van der Waals surface area contributed by atoms with Crippen LogP contribution in [0.25, 0.3) is 10.2 Å². The van der Waals surface area contributed by atoms with Gasteiger partial charge in [0.25, 0.3) is 5.91 Å². The van der Waals surface area contributed by atoms with Gasteiger partial charge >= 0.3 is 0 Å². The number of carbonyl (C=O) groups is 1. The zero-order valence-corrected chi connectivity index (χ0v) is 19.5. The van der Waals surface area contributed by atoms with Gasteiger partial charge in [0.15, 0.2) is 0 Å². The SMILES string of the molecule is CC(C)Oc1ccc(C(=O)N(/N=C/c2cccs2)c2nc3ccc(Br)cc3s2)cc1. The van der Waals surface area contributed by atoms with Crippen LogP contribution in [0.5, 0.6) is 5.75 Å². The Morgan fingerprint density at radius 1 is 1.20 bits per heavy atom. The molecule has 0 radical (unpaired) electrons. The van der Waals surface area contributed by atoms with Crippen LogP contribution in [0, 0.1) is 0 Å². The molecule has 2 aromatic carbocycles. The summed E-state index contributed by atoms with van der Waals surface area (Å²) in [5.41, 5.74) is 1.33. The summed E-state index contributed by atoms with van der Waals surface area (Å²) in [6.07, 6.45) is 1.75. The summed E-state index contributed by atoms with van der Waals surface area (Å²) in [4.78, 5) is 18.9. The maximum absolute atomic E-state index is 13.3. The van der Waals surface area contributed by atoms with Crippen molar-refractivity contribution in [2.45, 2.75) is 20.0 Å². The molecule has 0 saturated heterocycles. The van der Waals surface area contributed by atoms with Crippen molar-refractivity contribution in [3.05, 3.63) is 74.9 Å². The van der Waals surface area contributed by atoms with Crippen LogP contribution in [-0.4, -0.2) is 23.2 Å². The van der Waals surface area contributed by atoms with Gasteiger partial charge in [-0.25, -0.2) is 4.98 Å². The van der Waals surface area contributed by atoms with Crippen LogP contribution in [-0.2, 0) is 0 Å². The molecule has 0 saturated carbocycles. The number of amides is 1. The minimum atomic E-state index is -0.253. The predicted octanol–water partition coefficient (Wildman–Crippen LogP) is 6.59. The second-order valence-corrected chi connectivity index (χ2v) is 9.58. The van der Waals surface area contributed by atoms with Crippen LogP contribution < -0.4 is 9.75 Å². The lowest BCUT2D eigenvalue weighted by Gasteiger charge is -2.14. The number of halogens is 1. The maximum atomic E-state index is 13.3. The third kappa shape index (κ3) is 4.77. The first kappa shape index (κ1) is 20.7. The summed E-state index contributed by atoms with van der Waals surface area (Å²) in [7, 11) is 0. The number of thiazole rings is 1. The number of aromatic nitrogens is 1. The number of anilines is 1. The minimum absolute atomic E-state index is 0.0699. The van der Waals surface area contributed by atoms with Crippen LogP contribution in [0.2, 0.25) is 0 Å². The fourth-order valence-electron chi connectivity index (χ4n) is 2.72. The molecule has 8 heteroatoms. The van der Waals surface area contributed by atoms with E-state index < -0.39 is 0 Å². The van der Waals surface area contributed by atoms with Crippen LogP contribution in [0.15, 0.2) is 69.6 Å². The lowest BCUT2D eigenvalue weighted by Crippen LogP contribution is -2.25. The third-order valence-electron chi connectivity index (χ3n) is 4.03. The first-order chi connectivity index (χ1) is 14.5. The molecule has 0 aliphatic heterocycles. The van der Waals surface area contributed by atoms with Crippen molar-refractivity contribution < 1.29 is 9.53 Å². The van der Waals surface area contributed by atoms with Crippen LogP contribution in [0.4, 0.5) is 5.13 Å². The summed E-state index contributed by atoms with van der Waals surface area (Å²) in [5, 5.41) is 8.32. The number of ether oxygens (including phenoxy) is 1. The number of benzene rings is 2. The van der Waals surface area contributed by atoms with E-state index in [9.17, 15) is 4.79 Å². The molecule has 1 amide bonds. The van der Waals surface area contributed by atoms with E-state index in [1.165, 1.54) is 16.3 Å². The number of carbonyl (C=O) groups excluding carboxylic acids is 1. The Labute approximate surface area is 190 Å². The van der Waals surface area contributed by atoms with E-state index in [0.717, 1.165) is 25.3 Å².